The zero-order valence-corrected chi connectivity index (χ0v) is 18.5. The molecule has 0 saturated carbocycles. The fourth-order valence-electron chi connectivity index (χ4n) is 5.04. The van der Waals surface area contributed by atoms with Gasteiger partial charge in [-0.15, -0.1) is 0 Å². The van der Waals surface area contributed by atoms with Gasteiger partial charge in [0.05, 0.1) is 16.3 Å². The molecule has 3 heteroatoms. The predicted molar refractivity (Wildman–Crippen MR) is 122 cm³/mol. The molecule has 5 rings (SSSR count). The number of hydrogen-bond donors (Lipinski definition) is 0. The van der Waals surface area contributed by atoms with E-state index in [1.807, 2.05) is 0 Å². The summed E-state index contributed by atoms with van der Waals surface area (Å²) in [5, 5.41) is 4.97. The SMILES string of the molecule is Cc1c2cc[n+](C)c2c(C)c2c1oc1cc(CC(C)(C)C)cc3ccn(C)c2c31. The molecule has 0 aliphatic rings. The molecule has 0 bridgehead atoms. The number of hydrogen-bond acceptors (Lipinski definition) is 1. The fourth-order valence-corrected chi connectivity index (χ4v) is 5.04. The van der Waals surface area contributed by atoms with Crippen molar-refractivity contribution in [1.29, 1.82) is 0 Å². The van der Waals surface area contributed by atoms with Crippen molar-refractivity contribution in [3.05, 3.63) is 53.3 Å². The summed E-state index contributed by atoms with van der Waals surface area (Å²) in [6, 6.07) is 9.01. The van der Waals surface area contributed by atoms with Crippen LogP contribution in [-0.4, -0.2) is 4.57 Å². The molecule has 0 amide bonds. The maximum atomic E-state index is 6.67. The first-order valence-electron chi connectivity index (χ1n) is 10.4. The topological polar surface area (TPSA) is 21.9 Å². The fraction of sp³-hybridized carbons (Fsp3) is 0.346. The van der Waals surface area contributed by atoms with E-state index in [-0.39, 0.29) is 5.41 Å². The van der Waals surface area contributed by atoms with Crippen LogP contribution in [0.1, 0.15) is 37.5 Å². The van der Waals surface area contributed by atoms with E-state index >= 15 is 0 Å². The Morgan fingerprint density at radius 3 is 2.52 bits per heavy atom. The van der Waals surface area contributed by atoms with Gasteiger partial charge in [0.25, 0.3) is 0 Å². The number of rotatable bonds is 1. The number of pyridine rings is 1. The molecular formula is C26H29N2O+. The molecule has 5 aromatic rings. The van der Waals surface area contributed by atoms with Crippen LogP contribution >= 0.6 is 0 Å². The lowest BCUT2D eigenvalue weighted by atomic mass is 9.87. The van der Waals surface area contributed by atoms with Gasteiger partial charge in [-0.2, -0.15) is 0 Å². The first-order chi connectivity index (χ1) is 13.7. The Labute approximate surface area is 171 Å². The molecule has 0 aliphatic heterocycles. The van der Waals surface area contributed by atoms with Crippen LogP contribution in [0.2, 0.25) is 0 Å². The van der Waals surface area contributed by atoms with Gasteiger partial charge >= 0.3 is 0 Å². The van der Waals surface area contributed by atoms with E-state index in [9.17, 15) is 0 Å². The first kappa shape index (κ1) is 18.2. The Balaban J connectivity index is 2.03. The molecule has 29 heavy (non-hydrogen) atoms. The summed E-state index contributed by atoms with van der Waals surface area (Å²) in [4.78, 5) is 0. The van der Waals surface area contributed by atoms with E-state index in [4.69, 9.17) is 4.42 Å². The number of aromatic nitrogens is 2. The summed E-state index contributed by atoms with van der Waals surface area (Å²) in [7, 11) is 4.26. The zero-order valence-electron chi connectivity index (χ0n) is 18.5. The van der Waals surface area contributed by atoms with Crippen LogP contribution in [0.4, 0.5) is 0 Å². The largest absolute Gasteiger partial charge is 0.456 e. The molecule has 2 aromatic carbocycles. The van der Waals surface area contributed by atoms with E-state index in [0.717, 1.165) is 17.6 Å². The Morgan fingerprint density at radius 2 is 1.79 bits per heavy atom. The minimum Gasteiger partial charge on any atom is -0.456 e. The number of aryl methyl sites for hydroxylation is 4. The van der Waals surface area contributed by atoms with E-state index in [0.29, 0.717) is 0 Å². The quantitative estimate of drug-likeness (QED) is 0.190. The Hall–Kier alpha value is -2.81. The van der Waals surface area contributed by atoms with Crippen molar-refractivity contribution < 1.29 is 8.98 Å². The highest BCUT2D eigenvalue weighted by Gasteiger charge is 2.23. The molecule has 0 aliphatic carbocycles. The predicted octanol–water partition coefficient (Wildman–Crippen LogP) is 6.26. The summed E-state index contributed by atoms with van der Waals surface area (Å²) >= 11 is 0. The van der Waals surface area contributed by atoms with Crippen LogP contribution in [0.3, 0.4) is 0 Å². The highest BCUT2D eigenvalue weighted by atomic mass is 16.3. The van der Waals surface area contributed by atoms with Gasteiger partial charge in [-0.05, 0) is 48.8 Å². The molecule has 3 heterocycles. The van der Waals surface area contributed by atoms with Crippen molar-refractivity contribution in [2.45, 2.75) is 41.0 Å². The van der Waals surface area contributed by atoms with Crippen molar-refractivity contribution in [3.8, 4) is 0 Å². The minimum atomic E-state index is 0.234. The molecule has 3 nitrogen and oxygen atoms in total. The van der Waals surface area contributed by atoms with Crippen molar-refractivity contribution in [3.63, 3.8) is 0 Å². The number of fused-ring (bicyclic) bond motifs is 3. The third-order valence-corrected chi connectivity index (χ3v) is 6.22. The second kappa shape index (κ2) is 5.85. The van der Waals surface area contributed by atoms with Crippen LogP contribution in [-0.2, 0) is 20.5 Å². The average Bonchev–Trinajstić information content (AvgIpc) is 3.02. The van der Waals surface area contributed by atoms with Gasteiger partial charge < -0.3 is 8.98 Å². The van der Waals surface area contributed by atoms with E-state index in [2.05, 4.69) is 94.5 Å². The maximum absolute atomic E-state index is 6.67. The normalized spacial score (nSPS) is 12.8. The van der Waals surface area contributed by atoms with Crippen molar-refractivity contribution in [2.24, 2.45) is 19.5 Å². The summed E-state index contributed by atoms with van der Waals surface area (Å²) in [6.45, 7) is 11.3. The molecule has 0 atom stereocenters. The molecule has 0 radical (unpaired) electrons. The Bertz CT molecular complexity index is 1440. The summed E-state index contributed by atoms with van der Waals surface area (Å²) in [5.74, 6) is 0. The van der Waals surface area contributed by atoms with Gasteiger partial charge in [-0.3, -0.25) is 0 Å². The molecule has 0 spiro atoms. The number of nitrogens with zero attached hydrogens (tertiary/aromatic N) is 2. The van der Waals surface area contributed by atoms with Gasteiger partial charge in [0.15, 0.2) is 6.20 Å². The summed E-state index contributed by atoms with van der Waals surface area (Å²) in [5.41, 5.74) is 8.59. The molecule has 0 N–H and O–H groups in total. The Kier molecular flexibility index (Phi) is 3.68. The number of benzene rings is 2. The molecule has 3 aromatic heterocycles. The average molecular weight is 386 g/mol. The lowest BCUT2D eigenvalue weighted by Crippen LogP contribution is -2.25. The van der Waals surface area contributed by atoms with Gasteiger partial charge in [0.1, 0.15) is 18.2 Å². The van der Waals surface area contributed by atoms with Gasteiger partial charge in [0.2, 0.25) is 5.52 Å². The van der Waals surface area contributed by atoms with E-state index in [1.165, 1.54) is 49.3 Å². The zero-order chi connectivity index (χ0) is 20.7. The monoisotopic (exact) mass is 385 g/mol. The Morgan fingerprint density at radius 1 is 1.03 bits per heavy atom. The summed E-state index contributed by atoms with van der Waals surface area (Å²) < 4.78 is 11.1. The second-order valence-electron chi connectivity index (χ2n) is 9.82. The van der Waals surface area contributed by atoms with Crippen LogP contribution in [0.25, 0.3) is 43.7 Å². The summed E-state index contributed by atoms with van der Waals surface area (Å²) in [6.07, 6.45) is 5.35. The van der Waals surface area contributed by atoms with E-state index in [1.54, 1.807) is 0 Å². The van der Waals surface area contributed by atoms with Crippen molar-refractivity contribution in [1.82, 2.24) is 4.57 Å². The standard InChI is InChI=1S/C26H29N2O/c1-15-19-9-11-27(6)23(19)16(2)21-24-22-18(8-10-28(24)7)12-17(14-26(3,4)5)13-20(22)29-25(15)21/h8-13H,14H2,1-7H3/q+1. The lowest BCUT2D eigenvalue weighted by molar-refractivity contribution is -0.642. The van der Waals surface area contributed by atoms with Gasteiger partial charge in [-0.1, -0.05) is 26.8 Å². The van der Waals surface area contributed by atoms with Gasteiger partial charge in [0, 0.05) is 35.8 Å². The van der Waals surface area contributed by atoms with Crippen LogP contribution in [0, 0.1) is 19.3 Å². The smallest absolute Gasteiger partial charge is 0.216 e. The van der Waals surface area contributed by atoms with Crippen molar-refractivity contribution in [2.75, 3.05) is 0 Å². The first-order valence-corrected chi connectivity index (χ1v) is 10.4. The van der Waals surface area contributed by atoms with Crippen LogP contribution in [0.5, 0.6) is 0 Å². The van der Waals surface area contributed by atoms with Crippen molar-refractivity contribution >= 4 is 43.7 Å². The van der Waals surface area contributed by atoms with Crippen LogP contribution < -0.4 is 4.57 Å². The van der Waals surface area contributed by atoms with Gasteiger partial charge in [-0.25, -0.2) is 4.57 Å². The second-order valence-corrected chi connectivity index (χ2v) is 9.82. The maximum Gasteiger partial charge on any atom is 0.216 e. The third-order valence-electron chi connectivity index (χ3n) is 6.22. The molecule has 0 fully saturated rings. The highest BCUT2D eigenvalue weighted by molar-refractivity contribution is 6.19. The molecule has 0 saturated heterocycles. The lowest BCUT2D eigenvalue weighted by Gasteiger charge is -2.20. The third kappa shape index (κ3) is 2.60. The minimum absolute atomic E-state index is 0.234. The van der Waals surface area contributed by atoms with Crippen LogP contribution in [0.15, 0.2) is 41.1 Å². The highest BCUT2D eigenvalue weighted by Crippen LogP contribution is 2.40. The van der Waals surface area contributed by atoms with E-state index < -0.39 is 0 Å². The molecule has 148 valence electrons. The molecular weight excluding hydrogens is 356 g/mol. The molecule has 0 unspecified atom stereocenters.